The molecular weight excluding hydrogens is 735 g/mol. The van der Waals surface area contributed by atoms with Gasteiger partial charge in [0.15, 0.2) is 0 Å². The Bertz CT molecular complexity index is 3410. The van der Waals surface area contributed by atoms with Crippen LogP contribution in [0.5, 0.6) is 0 Å². The van der Waals surface area contributed by atoms with Crippen molar-refractivity contribution in [2.75, 3.05) is 4.90 Å². The average molecular weight is 788 g/mol. The Labute approximate surface area is 373 Å². The highest BCUT2D eigenvalue weighted by molar-refractivity contribution is 5.96. The van der Waals surface area contributed by atoms with Gasteiger partial charge < -0.3 is 4.90 Å². The van der Waals surface area contributed by atoms with Gasteiger partial charge in [0, 0.05) is 16.8 Å². The van der Waals surface area contributed by atoms with Crippen molar-refractivity contribution in [3.05, 3.63) is 261 Å². The summed E-state index contributed by atoms with van der Waals surface area (Å²) >= 11 is 0. The fraction of sp³-hybridized carbons (Fsp3) is 0. The molecule has 0 saturated heterocycles. The van der Waals surface area contributed by atoms with Gasteiger partial charge in [0.25, 0.3) is 0 Å². The molecule has 10 aromatic rings. The normalized spacial score (nSPS) is 13.2. The Kier molecular flexibility index (Phi) is 7.74. The van der Waals surface area contributed by atoms with Crippen LogP contribution in [0.15, 0.2) is 261 Å². The molecule has 0 unspecified atom stereocenters. The maximum absolute atomic E-state index is 8.90. The maximum Gasteiger partial charge on any atom is 0.0629 e. The van der Waals surface area contributed by atoms with Crippen molar-refractivity contribution >= 4 is 17.1 Å². The molecule has 1 heteroatoms. The van der Waals surface area contributed by atoms with Crippen LogP contribution in [0.4, 0.5) is 17.1 Å². The van der Waals surface area contributed by atoms with E-state index in [9.17, 15) is 0 Å². The molecule has 0 saturated carbocycles. The quantitative estimate of drug-likeness (QED) is 0.133. The summed E-state index contributed by atoms with van der Waals surface area (Å²) in [6.07, 6.45) is 0. The van der Waals surface area contributed by atoms with E-state index in [1.54, 1.807) is 12.1 Å². The topological polar surface area (TPSA) is 3.24 Å². The third kappa shape index (κ3) is 7.81. The summed E-state index contributed by atoms with van der Waals surface area (Å²) in [5.41, 5.74) is 12.6. The zero-order valence-electron chi connectivity index (χ0n) is 43.0. The first kappa shape index (κ1) is 27.6. The lowest BCUT2D eigenvalue weighted by molar-refractivity contribution is 1.28. The van der Waals surface area contributed by atoms with E-state index in [-0.39, 0.29) is 35.3 Å². The van der Waals surface area contributed by atoms with Gasteiger partial charge in [-0.3, -0.25) is 0 Å². The van der Waals surface area contributed by atoms with E-state index in [4.69, 9.17) is 13.7 Å². The summed E-state index contributed by atoms with van der Waals surface area (Å²) in [6.45, 7) is 0. The molecule has 0 fully saturated rings. The van der Waals surface area contributed by atoms with E-state index in [1.165, 1.54) is 0 Å². The number of hydrogen-bond donors (Lipinski definition) is 0. The molecule has 0 heterocycles. The summed E-state index contributed by atoms with van der Waals surface area (Å²) in [7, 11) is 0. The highest BCUT2D eigenvalue weighted by atomic mass is 15.1. The van der Waals surface area contributed by atoms with E-state index in [2.05, 4.69) is 71.6 Å². The van der Waals surface area contributed by atoms with Crippen LogP contribution < -0.4 is 4.90 Å². The summed E-state index contributed by atoms with van der Waals surface area (Å²) in [5.74, 6) is 0. The van der Waals surface area contributed by atoms with Crippen molar-refractivity contribution in [2.24, 2.45) is 0 Å². The molecule has 0 atom stereocenters. The third-order valence-electron chi connectivity index (χ3n) is 10.9. The van der Waals surface area contributed by atoms with Crippen LogP contribution in [0.2, 0.25) is 0 Å². The summed E-state index contributed by atoms with van der Waals surface area (Å²) in [5, 5.41) is 0. The highest BCUT2D eigenvalue weighted by Crippen LogP contribution is 2.47. The smallest absolute Gasteiger partial charge is 0.0629 e. The second-order valence-corrected chi connectivity index (χ2v) is 14.6. The molecule has 0 amide bonds. The fourth-order valence-corrected chi connectivity index (χ4v) is 7.92. The Balaban J connectivity index is 1.22. The predicted molar refractivity (Wildman–Crippen MR) is 259 cm³/mol. The van der Waals surface area contributed by atoms with Crippen LogP contribution in [-0.2, 0) is 0 Å². The standard InChI is InChI=1S/C60H43N/c1-7-19-44(20-8-1)52-34-39-59(57(42-52)49-27-15-5-16-28-49)61(60-40-35-53(45-21-9-2-10-22-45)43-58(60)50-29-17-6-18-30-50)54-36-31-46(32-37-54)51-33-38-55(47-23-11-3-12-24-47)56(41-51)48-25-13-4-14-26-48/h1-43H/i1D,2D,7D,8D,9D,10D,19D,20D,21D,22D. The van der Waals surface area contributed by atoms with E-state index in [0.717, 1.165) is 50.2 Å². The molecule has 0 aliphatic heterocycles. The molecule has 10 aromatic carbocycles. The molecule has 0 spiro atoms. The zero-order chi connectivity index (χ0) is 49.5. The number of nitrogens with zero attached hydrogens (tertiary/aromatic N) is 1. The van der Waals surface area contributed by atoms with Crippen LogP contribution in [0.3, 0.4) is 0 Å². The van der Waals surface area contributed by atoms with Gasteiger partial charge in [0.1, 0.15) is 0 Å². The molecule has 0 aliphatic carbocycles. The first-order chi connectivity index (χ1) is 34.4. The lowest BCUT2D eigenvalue weighted by Crippen LogP contribution is -2.13. The first-order valence-electron chi connectivity index (χ1n) is 25.1. The van der Waals surface area contributed by atoms with Crippen molar-refractivity contribution in [3.63, 3.8) is 0 Å². The van der Waals surface area contributed by atoms with Crippen molar-refractivity contribution in [3.8, 4) is 77.9 Å². The molecule has 0 N–H and O–H groups in total. The van der Waals surface area contributed by atoms with Crippen molar-refractivity contribution in [1.82, 2.24) is 0 Å². The van der Waals surface area contributed by atoms with Crippen molar-refractivity contribution in [2.45, 2.75) is 0 Å². The fourth-order valence-electron chi connectivity index (χ4n) is 7.92. The lowest BCUT2D eigenvalue weighted by Gasteiger charge is -2.31. The molecule has 10 rings (SSSR count). The molecule has 0 radical (unpaired) electrons. The van der Waals surface area contributed by atoms with Crippen LogP contribution in [0, 0.1) is 0 Å². The molecule has 0 bridgehead atoms. The van der Waals surface area contributed by atoms with Gasteiger partial charge in [-0.15, -0.1) is 0 Å². The van der Waals surface area contributed by atoms with Crippen LogP contribution >= 0.6 is 0 Å². The Morgan fingerprint density at radius 2 is 0.590 bits per heavy atom. The Hall–Kier alpha value is -8.00. The number of anilines is 3. The Morgan fingerprint density at radius 3 is 1.03 bits per heavy atom. The van der Waals surface area contributed by atoms with E-state index in [1.807, 2.05) is 121 Å². The van der Waals surface area contributed by atoms with Gasteiger partial charge in [0.05, 0.1) is 25.1 Å². The molecular formula is C60H43N. The van der Waals surface area contributed by atoms with Gasteiger partial charge in [-0.2, -0.15) is 0 Å². The van der Waals surface area contributed by atoms with Crippen LogP contribution in [0.25, 0.3) is 77.9 Å². The van der Waals surface area contributed by atoms with Gasteiger partial charge in [-0.05, 0) is 109 Å². The third-order valence-corrected chi connectivity index (χ3v) is 10.9. The molecule has 0 aliphatic rings. The minimum Gasteiger partial charge on any atom is -0.309 e. The summed E-state index contributed by atoms with van der Waals surface area (Å²) < 4.78 is 86.2. The molecule has 1 nitrogen and oxygen atoms in total. The van der Waals surface area contributed by atoms with E-state index in [0.29, 0.717) is 33.6 Å². The maximum atomic E-state index is 8.90. The monoisotopic (exact) mass is 787 g/mol. The lowest BCUT2D eigenvalue weighted by atomic mass is 9.91. The van der Waals surface area contributed by atoms with Crippen LogP contribution in [0.1, 0.15) is 13.7 Å². The molecule has 0 aromatic heterocycles. The minimum absolute atomic E-state index is 0.0803. The number of benzene rings is 10. The predicted octanol–water partition coefficient (Wildman–Crippen LogP) is 16.8. The van der Waals surface area contributed by atoms with Crippen LogP contribution in [-0.4, -0.2) is 0 Å². The SMILES string of the molecule is [2H]c1c([2H])c([2H])c(-c2ccc(N(c3ccc(-c4ccc(-c5ccccc5)c(-c5ccccc5)c4)cc3)c3ccc(-c4c([2H])c([2H])c([2H])c([2H])c4[2H])cc3-c3ccccc3)c(-c3ccccc3)c2)c([2H])c1[2H]. The second kappa shape index (κ2) is 17.1. The zero-order valence-corrected chi connectivity index (χ0v) is 33.0. The van der Waals surface area contributed by atoms with E-state index >= 15 is 0 Å². The molecule has 288 valence electrons. The van der Waals surface area contributed by atoms with Crippen molar-refractivity contribution < 1.29 is 13.7 Å². The minimum atomic E-state index is -0.470. The summed E-state index contributed by atoms with van der Waals surface area (Å²) in [6, 6.07) is 62.1. The van der Waals surface area contributed by atoms with Gasteiger partial charge in [-0.25, -0.2) is 0 Å². The number of hydrogen-bond acceptors (Lipinski definition) is 1. The first-order valence-corrected chi connectivity index (χ1v) is 20.1. The van der Waals surface area contributed by atoms with Gasteiger partial charge in [0.2, 0.25) is 0 Å². The summed E-state index contributed by atoms with van der Waals surface area (Å²) in [4.78, 5) is 2.11. The van der Waals surface area contributed by atoms with Crippen molar-refractivity contribution in [1.29, 1.82) is 0 Å². The Morgan fingerprint density at radius 1 is 0.246 bits per heavy atom. The molecule has 61 heavy (non-hydrogen) atoms. The van der Waals surface area contributed by atoms with Gasteiger partial charge in [-0.1, -0.05) is 218 Å². The number of rotatable bonds is 10. The second-order valence-electron chi connectivity index (χ2n) is 14.6. The van der Waals surface area contributed by atoms with Gasteiger partial charge >= 0.3 is 0 Å². The highest BCUT2D eigenvalue weighted by Gasteiger charge is 2.22. The largest absolute Gasteiger partial charge is 0.309 e. The average Bonchev–Trinajstić information content (AvgIpc) is 3.42. The van der Waals surface area contributed by atoms with E-state index < -0.39 is 36.3 Å².